The molecule has 2 aromatic carbocycles. The molecule has 2 aromatic rings. The molecule has 1 saturated heterocycles. The number of rotatable bonds is 6. The summed E-state index contributed by atoms with van der Waals surface area (Å²) in [5.74, 6) is -0.564. The number of benzene rings is 2. The van der Waals surface area contributed by atoms with Gasteiger partial charge < -0.3 is 5.32 Å². The fourth-order valence-corrected chi connectivity index (χ4v) is 4.33. The van der Waals surface area contributed by atoms with Gasteiger partial charge in [-0.3, -0.25) is 9.69 Å². The maximum atomic E-state index is 13.1. The predicted molar refractivity (Wildman–Crippen MR) is 107 cm³/mol. The van der Waals surface area contributed by atoms with Crippen molar-refractivity contribution < 1.29 is 17.6 Å². The number of halogens is 1. The molecule has 0 bridgehead atoms. The molecule has 0 radical (unpaired) electrons. The number of anilines is 1. The molecular formula is C20H24FN3O3S. The van der Waals surface area contributed by atoms with Crippen LogP contribution in [0, 0.1) is 5.82 Å². The third-order valence-corrected chi connectivity index (χ3v) is 5.51. The summed E-state index contributed by atoms with van der Waals surface area (Å²) >= 11 is 0. The SMILES string of the molecule is CS(=O)(=O)NC1CCN([C@H](C(=O)Nc2ccc(F)cc2)c2ccccc2)CC1. The van der Waals surface area contributed by atoms with Crippen molar-refractivity contribution in [3.63, 3.8) is 0 Å². The Morgan fingerprint density at radius 2 is 1.68 bits per heavy atom. The van der Waals surface area contributed by atoms with E-state index in [1.165, 1.54) is 24.3 Å². The Bertz CT molecular complexity index is 896. The molecule has 1 aliphatic rings. The van der Waals surface area contributed by atoms with Gasteiger partial charge in [-0.25, -0.2) is 17.5 Å². The molecule has 0 spiro atoms. The summed E-state index contributed by atoms with van der Waals surface area (Å²) in [4.78, 5) is 15.1. The normalized spacial score (nSPS) is 17.2. The van der Waals surface area contributed by atoms with Crippen LogP contribution in [-0.4, -0.2) is 44.6 Å². The first-order valence-corrected chi connectivity index (χ1v) is 11.0. The Balaban J connectivity index is 1.75. The Morgan fingerprint density at radius 1 is 1.07 bits per heavy atom. The number of likely N-dealkylation sites (tertiary alicyclic amines) is 1. The quantitative estimate of drug-likeness (QED) is 0.774. The zero-order valence-corrected chi connectivity index (χ0v) is 16.5. The van der Waals surface area contributed by atoms with Gasteiger partial charge >= 0.3 is 0 Å². The number of amides is 1. The minimum Gasteiger partial charge on any atom is -0.324 e. The third-order valence-electron chi connectivity index (χ3n) is 4.75. The number of hydrogen-bond acceptors (Lipinski definition) is 4. The lowest BCUT2D eigenvalue weighted by molar-refractivity contribution is -0.122. The van der Waals surface area contributed by atoms with Crippen molar-refractivity contribution in [2.45, 2.75) is 24.9 Å². The summed E-state index contributed by atoms with van der Waals surface area (Å²) < 4.78 is 38.7. The Hall–Kier alpha value is -2.29. The van der Waals surface area contributed by atoms with Crippen LogP contribution in [0.3, 0.4) is 0 Å². The molecule has 1 heterocycles. The molecule has 0 saturated carbocycles. The van der Waals surface area contributed by atoms with Crippen molar-refractivity contribution in [1.82, 2.24) is 9.62 Å². The van der Waals surface area contributed by atoms with Crippen LogP contribution in [0.25, 0.3) is 0 Å². The van der Waals surface area contributed by atoms with E-state index >= 15 is 0 Å². The lowest BCUT2D eigenvalue weighted by Crippen LogP contribution is -2.47. The monoisotopic (exact) mass is 405 g/mol. The van der Waals surface area contributed by atoms with Crippen LogP contribution in [0.15, 0.2) is 54.6 Å². The molecule has 1 fully saturated rings. The van der Waals surface area contributed by atoms with Crippen LogP contribution in [-0.2, 0) is 14.8 Å². The lowest BCUT2D eigenvalue weighted by atomic mass is 9.99. The summed E-state index contributed by atoms with van der Waals surface area (Å²) in [6.45, 7) is 1.17. The van der Waals surface area contributed by atoms with E-state index in [9.17, 15) is 17.6 Å². The Morgan fingerprint density at radius 3 is 2.25 bits per heavy atom. The Labute approximate surface area is 164 Å². The average molecular weight is 405 g/mol. The van der Waals surface area contributed by atoms with E-state index in [4.69, 9.17) is 0 Å². The van der Waals surface area contributed by atoms with Crippen LogP contribution < -0.4 is 10.0 Å². The number of hydrogen-bond donors (Lipinski definition) is 2. The van der Waals surface area contributed by atoms with Gasteiger partial charge in [0.1, 0.15) is 11.9 Å². The van der Waals surface area contributed by atoms with Gasteiger partial charge in [0.15, 0.2) is 0 Å². The van der Waals surface area contributed by atoms with Crippen molar-refractivity contribution in [3.05, 3.63) is 66.0 Å². The summed E-state index contributed by atoms with van der Waals surface area (Å²) in [6.07, 6.45) is 2.41. The van der Waals surface area contributed by atoms with Gasteiger partial charge in [0.25, 0.3) is 0 Å². The number of piperidine rings is 1. The van der Waals surface area contributed by atoms with E-state index in [0.29, 0.717) is 31.6 Å². The number of nitrogens with zero attached hydrogens (tertiary/aromatic N) is 1. The van der Waals surface area contributed by atoms with Crippen molar-refractivity contribution in [3.8, 4) is 0 Å². The van der Waals surface area contributed by atoms with Crippen LogP contribution in [0.4, 0.5) is 10.1 Å². The second-order valence-corrected chi connectivity index (χ2v) is 8.79. The number of nitrogens with one attached hydrogen (secondary N) is 2. The van der Waals surface area contributed by atoms with Crippen LogP contribution in [0.2, 0.25) is 0 Å². The highest BCUT2D eigenvalue weighted by Gasteiger charge is 2.31. The van der Waals surface area contributed by atoms with Gasteiger partial charge in [0.05, 0.1) is 6.26 Å². The zero-order chi connectivity index (χ0) is 20.1. The average Bonchev–Trinajstić information content (AvgIpc) is 2.65. The highest BCUT2D eigenvalue weighted by atomic mass is 32.2. The standard InChI is InChI=1S/C20H24FN3O3S/c1-28(26,27)23-18-11-13-24(14-12-18)19(15-5-3-2-4-6-15)20(25)22-17-9-7-16(21)8-10-17/h2-10,18-19,23H,11-14H2,1H3,(H,22,25)/t19-/m0/s1. The molecule has 2 N–H and O–H groups in total. The first kappa shape index (κ1) is 20.4. The van der Waals surface area contributed by atoms with Gasteiger partial charge in [-0.15, -0.1) is 0 Å². The zero-order valence-electron chi connectivity index (χ0n) is 15.6. The Kier molecular flexibility index (Phi) is 6.43. The van der Waals surface area contributed by atoms with Crippen LogP contribution in [0.1, 0.15) is 24.4 Å². The highest BCUT2D eigenvalue weighted by molar-refractivity contribution is 7.88. The minimum absolute atomic E-state index is 0.122. The number of carbonyl (C=O) groups is 1. The smallest absolute Gasteiger partial charge is 0.246 e. The first-order valence-electron chi connectivity index (χ1n) is 9.14. The highest BCUT2D eigenvalue weighted by Crippen LogP contribution is 2.26. The molecule has 6 nitrogen and oxygen atoms in total. The largest absolute Gasteiger partial charge is 0.324 e. The van der Waals surface area contributed by atoms with Gasteiger partial charge in [0.2, 0.25) is 15.9 Å². The van der Waals surface area contributed by atoms with Crippen molar-refractivity contribution >= 4 is 21.6 Å². The summed E-state index contributed by atoms with van der Waals surface area (Å²) in [5.41, 5.74) is 1.39. The van der Waals surface area contributed by atoms with E-state index < -0.39 is 16.1 Å². The molecule has 1 atom stereocenters. The molecule has 1 amide bonds. The molecule has 0 aliphatic carbocycles. The molecule has 150 valence electrons. The number of carbonyl (C=O) groups excluding carboxylic acids is 1. The molecule has 0 unspecified atom stereocenters. The third kappa shape index (κ3) is 5.60. The maximum absolute atomic E-state index is 13.1. The number of sulfonamides is 1. The van der Waals surface area contributed by atoms with Crippen molar-refractivity contribution in [2.24, 2.45) is 0 Å². The lowest BCUT2D eigenvalue weighted by Gasteiger charge is -2.37. The minimum atomic E-state index is -3.25. The topological polar surface area (TPSA) is 78.5 Å². The first-order chi connectivity index (χ1) is 13.3. The molecular weight excluding hydrogens is 381 g/mol. The van der Waals surface area contributed by atoms with E-state index in [0.717, 1.165) is 11.8 Å². The van der Waals surface area contributed by atoms with Crippen molar-refractivity contribution in [2.75, 3.05) is 24.7 Å². The molecule has 28 heavy (non-hydrogen) atoms. The van der Waals surface area contributed by atoms with Gasteiger partial charge in [-0.05, 0) is 42.7 Å². The summed E-state index contributed by atoms with van der Waals surface area (Å²) in [6, 6.07) is 14.5. The maximum Gasteiger partial charge on any atom is 0.246 e. The second-order valence-electron chi connectivity index (χ2n) is 7.01. The van der Waals surface area contributed by atoms with E-state index in [2.05, 4.69) is 14.9 Å². The summed E-state index contributed by atoms with van der Waals surface area (Å²) in [7, 11) is -3.25. The van der Waals surface area contributed by atoms with Gasteiger partial charge in [0, 0.05) is 24.8 Å². The fourth-order valence-electron chi connectivity index (χ4n) is 3.49. The predicted octanol–water partition coefficient (Wildman–Crippen LogP) is 2.52. The van der Waals surface area contributed by atoms with Crippen LogP contribution in [0.5, 0.6) is 0 Å². The summed E-state index contributed by atoms with van der Waals surface area (Å²) in [5, 5.41) is 2.86. The van der Waals surface area contributed by atoms with E-state index in [-0.39, 0.29) is 17.8 Å². The molecule has 3 rings (SSSR count). The molecule has 0 aromatic heterocycles. The van der Waals surface area contributed by atoms with Crippen LogP contribution >= 0.6 is 0 Å². The second kappa shape index (κ2) is 8.81. The van der Waals surface area contributed by atoms with E-state index in [1.54, 1.807) is 0 Å². The van der Waals surface area contributed by atoms with Gasteiger partial charge in [-0.1, -0.05) is 30.3 Å². The fraction of sp³-hybridized carbons (Fsp3) is 0.350. The van der Waals surface area contributed by atoms with Gasteiger partial charge in [-0.2, -0.15) is 0 Å². The molecule has 8 heteroatoms. The van der Waals surface area contributed by atoms with E-state index in [1.807, 2.05) is 30.3 Å². The van der Waals surface area contributed by atoms with Crippen molar-refractivity contribution in [1.29, 1.82) is 0 Å². The molecule has 1 aliphatic heterocycles.